The maximum atomic E-state index is 12.9. The lowest BCUT2D eigenvalue weighted by atomic mass is 9.90. The van der Waals surface area contributed by atoms with Gasteiger partial charge < -0.3 is 19.9 Å². The zero-order valence-corrected chi connectivity index (χ0v) is 15.8. The van der Waals surface area contributed by atoms with E-state index in [2.05, 4.69) is 0 Å². The van der Waals surface area contributed by atoms with Gasteiger partial charge in [-0.15, -0.1) is 4.31 Å². The first kappa shape index (κ1) is 19.4. The third kappa shape index (κ3) is 4.15. The van der Waals surface area contributed by atoms with Crippen molar-refractivity contribution in [3.63, 3.8) is 0 Å². The molecule has 2 saturated heterocycles. The van der Waals surface area contributed by atoms with Gasteiger partial charge in [0.2, 0.25) is 5.91 Å². The summed E-state index contributed by atoms with van der Waals surface area (Å²) >= 11 is 0. The molecule has 2 aliphatic rings. The second-order valence-electron chi connectivity index (χ2n) is 6.96. The highest BCUT2D eigenvalue weighted by molar-refractivity contribution is 7.95. The van der Waals surface area contributed by atoms with Gasteiger partial charge in [-0.2, -0.15) is 0 Å². The average molecular weight is 381 g/mol. The molecule has 1 amide bonds. The Morgan fingerprint density at radius 3 is 2.58 bits per heavy atom. The Kier molecular flexibility index (Phi) is 6.09. The molecular formula is C18H27N3O4S. The van der Waals surface area contributed by atoms with E-state index in [4.69, 9.17) is 10.5 Å². The highest BCUT2D eigenvalue weighted by Gasteiger charge is 2.45. The largest absolute Gasteiger partial charge is 0.593 e. The van der Waals surface area contributed by atoms with Crippen molar-refractivity contribution in [2.75, 3.05) is 39.3 Å². The van der Waals surface area contributed by atoms with E-state index in [1.54, 1.807) is 30.3 Å². The summed E-state index contributed by atoms with van der Waals surface area (Å²) in [6, 6.07) is 8.51. The highest BCUT2D eigenvalue weighted by atomic mass is 32.3. The molecule has 0 bridgehead atoms. The minimum Gasteiger partial charge on any atom is -0.593 e. The van der Waals surface area contributed by atoms with Crippen LogP contribution in [0.2, 0.25) is 0 Å². The number of sulfonamides is 1. The Morgan fingerprint density at radius 1 is 1.23 bits per heavy atom. The van der Waals surface area contributed by atoms with Gasteiger partial charge in [0, 0.05) is 19.5 Å². The average Bonchev–Trinajstić information content (AvgIpc) is 2.67. The van der Waals surface area contributed by atoms with Gasteiger partial charge in [-0.3, -0.25) is 4.79 Å². The fraction of sp³-hybridized carbons (Fsp3) is 0.611. The topological polar surface area (TPSA) is 98.9 Å². The van der Waals surface area contributed by atoms with Gasteiger partial charge in [-0.25, -0.2) is 0 Å². The van der Waals surface area contributed by atoms with E-state index < -0.39 is 16.0 Å². The number of carbonyl (C=O) groups excluding carboxylic acids is 1. The van der Waals surface area contributed by atoms with E-state index in [1.165, 1.54) is 4.31 Å². The molecule has 1 spiro atoms. The number of likely N-dealkylation sites (tertiary alicyclic amines) is 1. The van der Waals surface area contributed by atoms with Crippen molar-refractivity contribution < 1.29 is 18.3 Å². The molecule has 0 aliphatic carbocycles. The number of amides is 1. The number of nitrogens with two attached hydrogens (primary N) is 1. The lowest BCUT2D eigenvalue weighted by Gasteiger charge is -2.47. The van der Waals surface area contributed by atoms with E-state index in [1.807, 2.05) is 4.90 Å². The van der Waals surface area contributed by atoms with Crippen LogP contribution in [0.1, 0.15) is 25.7 Å². The molecule has 2 aliphatic heterocycles. The standard InChI is InChI=1S/C18H27N3O4S/c19-10-4-7-17(22)20-11-8-18(9-12-20)15-21(13-14-25-18)26(23,24)16-5-2-1-3-6-16/h1-3,5-6H,4,7-15,19H2. The Labute approximate surface area is 155 Å². The summed E-state index contributed by atoms with van der Waals surface area (Å²) in [5.41, 5.74) is 4.97. The molecule has 2 fully saturated rings. The summed E-state index contributed by atoms with van der Waals surface area (Å²) in [5.74, 6) is 0.120. The van der Waals surface area contributed by atoms with Crippen LogP contribution in [-0.4, -0.2) is 64.6 Å². The maximum absolute atomic E-state index is 12.9. The number of nitrogens with zero attached hydrogens (tertiary/aromatic N) is 2. The van der Waals surface area contributed by atoms with Crippen LogP contribution in [0.5, 0.6) is 0 Å². The monoisotopic (exact) mass is 381 g/mol. The first-order chi connectivity index (χ1) is 12.5. The Morgan fingerprint density at radius 2 is 1.92 bits per heavy atom. The fourth-order valence-corrected chi connectivity index (χ4v) is 5.15. The molecule has 2 N–H and O–H groups in total. The number of rotatable bonds is 5. The van der Waals surface area contributed by atoms with E-state index in [0.29, 0.717) is 69.9 Å². The predicted octanol–water partition coefficient (Wildman–Crippen LogP) is 1.02. The van der Waals surface area contributed by atoms with Gasteiger partial charge in [0.1, 0.15) is 0 Å². The van der Waals surface area contributed by atoms with Crippen LogP contribution < -0.4 is 5.73 Å². The second kappa shape index (κ2) is 8.14. The van der Waals surface area contributed by atoms with Crippen LogP contribution in [0.15, 0.2) is 35.2 Å². The van der Waals surface area contributed by atoms with Crippen LogP contribution in [0.4, 0.5) is 0 Å². The predicted molar refractivity (Wildman–Crippen MR) is 97.9 cm³/mol. The first-order valence-electron chi connectivity index (χ1n) is 9.14. The lowest BCUT2D eigenvalue weighted by molar-refractivity contribution is -0.145. The highest BCUT2D eigenvalue weighted by Crippen LogP contribution is 2.34. The molecule has 0 radical (unpaired) electrons. The van der Waals surface area contributed by atoms with Crippen molar-refractivity contribution in [1.29, 1.82) is 0 Å². The summed E-state index contributed by atoms with van der Waals surface area (Å²) in [6.07, 6.45) is 2.48. The molecule has 7 nitrogen and oxygen atoms in total. The first-order valence-corrected chi connectivity index (χ1v) is 10.6. The number of benzene rings is 1. The third-order valence-electron chi connectivity index (χ3n) is 5.22. The molecule has 2 heterocycles. The van der Waals surface area contributed by atoms with Crippen molar-refractivity contribution in [2.45, 2.75) is 36.2 Å². The number of ether oxygens (including phenoxy) is 1. The van der Waals surface area contributed by atoms with Crippen molar-refractivity contribution in [1.82, 2.24) is 9.21 Å². The van der Waals surface area contributed by atoms with Crippen LogP contribution in [-0.2, 0) is 24.1 Å². The molecule has 1 aromatic rings. The van der Waals surface area contributed by atoms with Gasteiger partial charge in [0.05, 0.1) is 25.3 Å². The summed E-state index contributed by atoms with van der Waals surface area (Å²) < 4.78 is 33.3. The molecule has 0 aromatic heterocycles. The number of carbonyl (C=O) groups is 1. The molecule has 144 valence electrons. The molecule has 1 atom stereocenters. The molecule has 3 rings (SSSR count). The van der Waals surface area contributed by atoms with Gasteiger partial charge in [0.25, 0.3) is 0 Å². The number of piperidine rings is 1. The minimum absolute atomic E-state index is 0.120. The van der Waals surface area contributed by atoms with Gasteiger partial charge in [-0.1, -0.05) is 22.4 Å². The van der Waals surface area contributed by atoms with Gasteiger partial charge in [-0.05, 0) is 37.9 Å². The fourth-order valence-electron chi connectivity index (χ4n) is 3.63. The quantitative estimate of drug-likeness (QED) is 0.768. The van der Waals surface area contributed by atoms with Crippen LogP contribution in [0.25, 0.3) is 0 Å². The van der Waals surface area contributed by atoms with E-state index in [9.17, 15) is 13.6 Å². The van der Waals surface area contributed by atoms with Crippen molar-refractivity contribution in [2.24, 2.45) is 5.73 Å². The maximum Gasteiger partial charge on any atom is 0.222 e. The van der Waals surface area contributed by atoms with E-state index >= 15 is 0 Å². The molecular weight excluding hydrogens is 354 g/mol. The molecule has 0 saturated carbocycles. The molecule has 1 unspecified atom stereocenters. The Hall–Kier alpha value is -1.32. The summed E-state index contributed by atoms with van der Waals surface area (Å²) in [6.45, 7) is 2.80. The summed E-state index contributed by atoms with van der Waals surface area (Å²) in [4.78, 5) is 14.3. The van der Waals surface area contributed by atoms with Crippen molar-refractivity contribution >= 4 is 16.3 Å². The summed E-state index contributed by atoms with van der Waals surface area (Å²) in [7, 11) is -3.52. The molecule has 26 heavy (non-hydrogen) atoms. The van der Waals surface area contributed by atoms with Crippen molar-refractivity contribution in [3.05, 3.63) is 30.3 Å². The van der Waals surface area contributed by atoms with E-state index in [-0.39, 0.29) is 5.91 Å². The zero-order chi connectivity index (χ0) is 18.6. The Balaban J connectivity index is 1.64. The molecule has 1 aromatic carbocycles. The SMILES string of the molecule is NCCCC(=O)N1CCC2(CC1)CN([S+](=O)([O-])c1ccccc1)CCO2. The Bertz CT molecular complexity index is 662. The van der Waals surface area contributed by atoms with Crippen LogP contribution in [0.3, 0.4) is 0 Å². The van der Waals surface area contributed by atoms with E-state index in [0.717, 1.165) is 0 Å². The van der Waals surface area contributed by atoms with Gasteiger partial charge in [0.15, 0.2) is 15.3 Å². The summed E-state index contributed by atoms with van der Waals surface area (Å²) in [5, 5.41) is 0. The van der Waals surface area contributed by atoms with Crippen molar-refractivity contribution in [3.8, 4) is 0 Å². The number of hydrogen-bond acceptors (Lipinski definition) is 5. The smallest absolute Gasteiger partial charge is 0.222 e. The molecule has 8 heteroatoms. The number of morpholine rings is 1. The second-order valence-corrected chi connectivity index (χ2v) is 8.89. The van der Waals surface area contributed by atoms with Crippen LogP contribution >= 0.6 is 0 Å². The van der Waals surface area contributed by atoms with Crippen LogP contribution in [0, 0.1) is 0 Å². The van der Waals surface area contributed by atoms with Gasteiger partial charge >= 0.3 is 0 Å². The lowest BCUT2D eigenvalue weighted by Crippen LogP contribution is -2.59. The zero-order valence-electron chi connectivity index (χ0n) is 15.0. The normalized spacial score (nSPS) is 22.9. The third-order valence-corrected chi connectivity index (χ3v) is 7.08. The minimum atomic E-state index is -3.52. The number of hydrogen-bond donors (Lipinski definition) is 1.